The molecule has 2 fully saturated rings. The minimum absolute atomic E-state index is 0.0140. The largest absolute Gasteiger partial charge is 0.460 e. The second-order valence-electron chi connectivity index (χ2n) is 13.4. The second kappa shape index (κ2) is 9.87. The maximum absolute atomic E-state index is 15.5. The molecular formula is C31H36ClFN4O4. The summed E-state index contributed by atoms with van der Waals surface area (Å²) < 4.78 is 26.6. The lowest BCUT2D eigenvalue weighted by molar-refractivity contribution is -0.155. The predicted molar refractivity (Wildman–Crippen MR) is 155 cm³/mol. The molecule has 2 heterocycles. The van der Waals surface area contributed by atoms with Crippen molar-refractivity contribution in [1.29, 1.82) is 5.26 Å². The normalized spacial score (nSPS) is 20.9. The molecule has 1 aromatic carbocycles. The Morgan fingerprint density at radius 2 is 1.90 bits per heavy atom. The summed E-state index contributed by atoms with van der Waals surface area (Å²) in [5.74, 6) is -0.692. The van der Waals surface area contributed by atoms with Crippen LogP contribution in [0, 0.1) is 28.5 Å². The van der Waals surface area contributed by atoms with Crippen molar-refractivity contribution in [2.24, 2.45) is 11.3 Å². The van der Waals surface area contributed by atoms with Crippen molar-refractivity contribution in [2.45, 2.75) is 78.4 Å². The van der Waals surface area contributed by atoms with Gasteiger partial charge in [-0.1, -0.05) is 11.6 Å². The van der Waals surface area contributed by atoms with Crippen molar-refractivity contribution in [1.82, 2.24) is 4.98 Å². The van der Waals surface area contributed by atoms with Crippen LogP contribution in [-0.4, -0.2) is 48.4 Å². The lowest BCUT2D eigenvalue weighted by Crippen LogP contribution is -2.34. The molecule has 10 heteroatoms. The number of halogens is 2. The Morgan fingerprint density at radius 1 is 1.22 bits per heavy atom. The van der Waals surface area contributed by atoms with Crippen molar-refractivity contribution in [3.63, 3.8) is 0 Å². The number of hydrogen-bond acceptors (Lipinski definition) is 7. The molecule has 2 aliphatic carbocycles. The number of nitriles is 1. The third-order valence-corrected chi connectivity index (χ3v) is 8.35. The van der Waals surface area contributed by atoms with Crippen molar-refractivity contribution in [2.75, 3.05) is 29.9 Å². The number of rotatable bonds is 4. The summed E-state index contributed by atoms with van der Waals surface area (Å²) in [7, 11) is 1.53. The van der Waals surface area contributed by atoms with E-state index in [9.17, 15) is 14.9 Å². The molecule has 2 aromatic rings. The van der Waals surface area contributed by atoms with Gasteiger partial charge in [0.15, 0.2) is 0 Å². The summed E-state index contributed by atoms with van der Waals surface area (Å²) in [4.78, 5) is 33.4. The Kier molecular flexibility index (Phi) is 7.01. The van der Waals surface area contributed by atoms with Gasteiger partial charge in [-0.05, 0) is 77.3 Å². The Bertz CT molecular complexity index is 1490. The molecule has 1 aromatic heterocycles. The quantitative estimate of drug-likeness (QED) is 0.318. The summed E-state index contributed by atoms with van der Waals surface area (Å²) in [6.07, 6.45) is 3.47. The molecule has 0 bridgehead atoms. The smallest absolute Gasteiger partial charge is 0.414 e. The molecule has 218 valence electrons. The minimum atomic E-state index is -0.735. The molecule has 0 N–H and O–H groups in total. The van der Waals surface area contributed by atoms with E-state index in [-0.39, 0.29) is 22.9 Å². The molecule has 41 heavy (non-hydrogen) atoms. The van der Waals surface area contributed by atoms with Gasteiger partial charge in [0.05, 0.1) is 27.7 Å². The van der Waals surface area contributed by atoms with Gasteiger partial charge in [-0.2, -0.15) is 5.26 Å². The summed E-state index contributed by atoms with van der Waals surface area (Å²) >= 11 is 6.78. The van der Waals surface area contributed by atoms with E-state index < -0.39 is 23.1 Å². The van der Waals surface area contributed by atoms with Crippen LogP contribution in [0.5, 0.6) is 0 Å². The number of pyridine rings is 1. The lowest BCUT2D eigenvalue weighted by Gasteiger charge is -2.27. The fourth-order valence-electron chi connectivity index (χ4n) is 6.25. The first-order valence-electron chi connectivity index (χ1n) is 13.9. The Morgan fingerprint density at radius 3 is 2.54 bits per heavy atom. The minimum Gasteiger partial charge on any atom is -0.460 e. The van der Waals surface area contributed by atoms with Crippen LogP contribution < -0.4 is 9.80 Å². The SMILES string of the molecule is CN(C(=O)OC(C)(C)C)c1cc(F)c(C#N)c2c1Cc1ncc(Cl)c(N3CCC4(C[C@H]4CC(=O)OC(C)(C)C)C3)c1-2. The second-order valence-corrected chi connectivity index (χ2v) is 13.8. The number of carbonyl (C=O) groups is 2. The van der Waals surface area contributed by atoms with Crippen LogP contribution >= 0.6 is 11.6 Å². The summed E-state index contributed by atoms with van der Waals surface area (Å²) in [5, 5.41) is 10.4. The number of esters is 1. The van der Waals surface area contributed by atoms with Gasteiger partial charge in [0.25, 0.3) is 0 Å². The molecule has 2 atom stereocenters. The number of ether oxygens (including phenoxy) is 2. The van der Waals surface area contributed by atoms with Gasteiger partial charge in [-0.3, -0.25) is 14.7 Å². The third-order valence-electron chi connectivity index (χ3n) is 8.08. The van der Waals surface area contributed by atoms with Crippen LogP contribution in [0.1, 0.15) is 77.6 Å². The Hall–Kier alpha value is -3.38. The number of anilines is 2. The number of nitrogens with zero attached hydrogens (tertiary/aromatic N) is 4. The molecule has 5 rings (SSSR count). The van der Waals surface area contributed by atoms with Gasteiger partial charge < -0.3 is 14.4 Å². The number of benzene rings is 1. The lowest BCUT2D eigenvalue weighted by atomic mass is 9.96. The fraction of sp³-hybridized carbons (Fsp3) is 0.548. The predicted octanol–water partition coefficient (Wildman–Crippen LogP) is 6.64. The third kappa shape index (κ3) is 5.46. The van der Waals surface area contributed by atoms with Crippen molar-refractivity contribution < 1.29 is 23.5 Å². The van der Waals surface area contributed by atoms with Crippen LogP contribution in [0.2, 0.25) is 5.02 Å². The van der Waals surface area contributed by atoms with E-state index in [4.69, 9.17) is 21.1 Å². The maximum atomic E-state index is 15.5. The number of aromatic nitrogens is 1. The van der Waals surface area contributed by atoms with Crippen LogP contribution in [0.4, 0.5) is 20.6 Å². The zero-order valence-corrected chi connectivity index (χ0v) is 25.4. The molecule has 1 spiro atoms. The molecule has 1 saturated heterocycles. The van der Waals surface area contributed by atoms with Crippen LogP contribution in [0.25, 0.3) is 11.1 Å². The molecule has 8 nitrogen and oxygen atoms in total. The molecule has 3 aliphatic rings. The average Bonchev–Trinajstić information content (AvgIpc) is 3.15. The number of fused-ring (bicyclic) bond motifs is 3. The van der Waals surface area contributed by atoms with Gasteiger partial charge in [-0.15, -0.1) is 0 Å². The summed E-state index contributed by atoms with van der Waals surface area (Å²) in [5.41, 5.74) is 2.00. The maximum Gasteiger partial charge on any atom is 0.414 e. The first-order chi connectivity index (χ1) is 19.0. The highest BCUT2D eigenvalue weighted by Crippen LogP contribution is 2.62. The monoisotopic (exact) mass is 582 g/mol. The molecule has 1 saturated carbocycles. The van der Waals surface area contributed by atoms with Gasteiger partial charge in [0.2, 0.25) is 0 Å². The van der Waals surface area contributed by atoms with Gasteiger partial charge in [0.1, 0.15) is 23.1 Å². The highest BCUT2D eigenvalue weighted by molar-refractivity contribution is 6.34. The van der Waals surface area contributed by atoms with Crippen molar-refractivity contribution in [3.05, 3.63) is 39.9 Å². The van der Waals surface area contributed by atoms with Gasteiger partial charge in [-0.25, -0.2) is 9.18 Å². The number of carbonyl (C=O) groups excluding carboxylic acids is 2. The zero-order valence-electron chi connectivity index (χ0n) is 24.7. The zero-order chi connectivity index (χ0) is 30.1. The topological polar surface area (TPSA) is 95.8 Å². The summed E-state index contributed by atoms with van der Waals surface area (Å²) in [6.45, 7) is 12.3. The molecule has 1 unspecified atom stereocenters. The van der Waals surface area contributed by atoms with Crippen molar-refractivity contribution in [3.8, 4) is 17.2 Å². The Balaban J connectivity index is 1.50. The van der Waals surface area contributed by atoms with Gasteiger partial charge >= 0.3 is 12.1 Å². The molecule has 0 radical (unpaired) electrons. The molecule has 1 amide bonds. The van der Waals surface area contributed by atoms with Crippen LogP contribution in [0.15, 0.2) is 12.3 Å². The summed E-state index contributed by atoms with van der Waals surface area (Å²) in [6, 6.07) is 3.25. The first-order valence-corrected chi connectivity index (χ1v) is 14.3. The van der Waals surface area contributed by atoms with E-state index in [0.717, 1.165) is 12.8 Å². The molecular weight excluding hydrogens is 547 g/mol. The fourth-order valence-corrected chi connectivity index (χ4v) is 6.51. The van der Waals surface area contributed by atoms with E-state index in [1.54, 1.807) is 27.0 Å². The highest BCUT2D eigenvalue weighted by atomic mass is 35.5. The average molecular weight is 583 g/mol. The Labute approximate surface area is 245 Å². The van der Waals surface area contributed by atoms with E-state index in [0.29, 0.717) is 64.7 Å². The number of hydrogen-bond donors (Lipinski definition) is 0. The van der Waals surface area contributed by atoms with E-state index in [1.807, 2.05) is 26.8 Å². The van der Waals surface area contributed by atoms with E-state index in [2.05, 4.69) is 9.88 Å². The van der Waals surface area contributed by atoms with Gasteiger partial charge in [0, 0.05) is 50.3 Å². The highest BCUT2D eigenvalue weighted by Gasteiger charge is 2.58. The standard InChI is InChI=1S/C31H36ClFN4O4/c1-29(2,3)40-24(38)10-17-13-31(17)8-9-37(16-31)27-20(32)15-35-22-11-18-23(36(7)28(39)41-30(4,5)6)12-21(33)19(14-34)25(18)26(22)27/h12,15,17H,8-11,13,16H2,1-7H3/t17-,31?/m1/s1. The molecule has 1 aliphatic heterocycles. The van der Waals surface area contributed by atoms with E-state index >= 15 is 4.39 Å². The van der Waals surface area contributed by atoms with Crippen molar-refractivity contribution >= 4 is 35.0 Å². The van der Waals surface area contributed by atoms with Crippen LogP contribution in [0.3, 0.4) is 0 Å². The first kappa shape index (κ1) is 29.1. The van der Waals surface area contributed by atoms with Crippen LogP contribution in [-0.2, 0) is 20.7 Å². The van der Waals surface area contributed by atoms with E-state index in [1.165, 1.54) is 18.0 Å². The number of amides is 1.